The van der Waals surface area contributed by atoms with Gasteiger partial charge in [0.1, 0.15) is 5.75 Å². The number of carboxylic acids is 1. The summed E-state index contributed by atoms with van der Waals surface area (Å²) in [6.07, 6.45) is 5.23. The van der Waals surface area contributed by atoms with Crippen molar-refractivity contribution in [1.29, 1.82) is 0 Å². The third-order valence-electron chi connectivity index (χ3n) is 5.33. The molecule has 9 nitrogen and oxygen atoms in total. The maximum absolute atomic E-state index is 12.5. The first-order valence-electron chi connectivity index (χ1n) is 10.9. The molecule has 1 fully saturated rings. The lowest BCUT2D eigenvalue weighted by molar-refractivity contribution is -0.166. The minimum absolute atomic E-state index is 0.0406. The first-order valence-corrected chi connectivity index (χ1v) is 10.9. The van der Waals surface area contributed by atoms with Gasteiger partial charge in [-0.15, -0.1) is 0 Å². The highest BCUT2D eigenvalue weighted by atomic mass is 16.5. The predicted molar refractivity (Wildman–Crippen MR) is 115 cm³/mol. The highest BCUT2D eigenvalue weighted by Gasteiger charge is 2.25. The number of hydroxylamine groups is 2. The maximum atomic E-state index is 12.5. The zero-order valence-corrected chi connectivity index (χ0v) is 18.0. The van der Waals surface area contributed by atoms with Gasteiger partial charge in [-0.05, 0) is 49.9 Å². The van der Waals surface area contributed by atoms with Crippen LogP contribution in [0.4, 0.5) is 5.69 Å². The number of carboxylic acid groups (broad SMARTS) is 1. The van der Waals surface area contributed by atoms with Gasteiger partial charge in [-0.1, -0.05) is 25.7 Å². The molecule has 1 aliphatic rings. The van der Waals surface area contributed by atoms with E-state index in [0.717, 1.165) is 19.3 Å². The molecule has 0 saturated heterocycles. The van der Waals surface area contributed by atoms with Gasteiger partial charge < -0.3 is 20.5 Å². The van der Waals surface area contributed by atoms with Gasteiger partial charge in [-0.3, -0.25) is 19.6 Å². The minimum Gasteiger partial charge on any atom is -0.494 e. The molecule has 1 saturated carbocycles. The van der Waals surface area contributed by atoms with Crippen molar-refractivity contribution >= 4 is 23.5 Å². The zero-order chi connectivity index (χ0) is 22.6. The molecule has 1 aromatic carbocycles. The molecule has 172 valence electrons. The van der Waals surface area contributed by atoms with Gasteiger partial charge in [-0.2, -0.15) is 0 Å². The van der Waals surface area contributed by atoms with Crippen molar-refractivity contribution in [2.75, 3.05) is 18.5 Å². The summed E-state index contributed by atoms with van der Waals surface area (Å²) >= 11 is 0. The SMILES string of the molecule is CCN(O)C(=O)C(NC(=O)CCC1CCCC1)Nc1ccc(OCCCC(=O)O)cc1. The van der Waals surface area contributed by atoms with Crippen molar-refractivity contribution in [2.45, 2.75) is 64.5 Å². The van der Waals surface area contributed by atoms with E-state index in [1.807, 2.05) is 0 Å². The Balaban J connectivity index is 1.91. The molecule has 0 aliphatic heterocycles. The summed E-state index contributed by atoms with van der Waals surface area (Å²) in [6, 6.07) is 6.74. The Kier molecular flexibility index (Phi) is 10.1. The average molecular weight is 436 g/mol. The van der Waals surface area contributed by atoms with Crippen molar-refractivity contribution in [3.05, 3.63) is 24.3 Å². The van der Waals surface area contributed by atoms with Gasteiger partial charge in [0.25, 0.3) is 5.91 Å². The molecular weight excluding hydrogens is 402 g/mol. The summed E-state index contributed by atoms with van der Waals surface area (Å²) in [4.78, 5) is 35.4. The van der Waals surface area contributed by atoms with Crippen molar-refractivity contribution in [3.8, 4) is 5.75 Å². The Hall–Kier alpha value is -2.81. The summed E-state index contributed by atoms with van der Waals surface area (Å²) in [5.74, 6) is -0.613. The lowest BCUT2D eigenvalue weighted by Crippen LogP contribution is -2.51. The van der Waals surface area contributed by atoms with Crippen molar-refractivity contribution in [3.63, 3.8) is 0 Å². The molecule has 0 bridgehead atoms. The van der Waals surface area contributed by atoms with Crippen LogP contribution >= 0.6 is 0 Å². The Bertz CT molecular complexity index is 718. The van der Waals surface area contributed by atoms with Gasteiger partial charge in [0.15, 0.2) is 6.17 Å². The fourth-order valence-electron chi connectivity index (χ4n) is 3.56. The summed E-state index contributed by atoms with van der Waals surface area (Å²) < 4.78 is 5.49. The second kappa shape index (κ2) is 12.8. The van der Waals surface area contributed by atoms with E-state index >= 15 is 0 Å². The van der Waals surface area contributed by atoms with Crippen LogP contribution in [-0.4, -0.2) is 52.5 Å². The quantitative estimate of drug-likeness (QED) is 0.162. The standard InChI is InChI=1S/C22H33N3O6/c1-2-25(30)22(29)21(24-19(26)14-9-16-6-3-4-7-16)23-17-10-12-18(13-11-17)31-15-5-8-20(27)28/h10-13,16,21,23,30H,2-9,14-15H2,1H3,(H,24,26)(H,27,28). The molecule has 1 aromatic rings. The van der Waals surface area contributed by atoms with Gasteiger partial charge in [0.05, 0.1) is 6.61 Å². The number of anilines is 1. The Morgan fingerprint density at radius 2 is 1.84 bits per heavy atom. The predicted octanol–water partition coefficient (Wildman–Crippen LogP) is 2.99. The van der Waals surface area contributed by atoms with Crippen LogP contribution in [0.25, 0.3) is 0 Å². The number of rotatable bonds is 13. The fraction of sp³-hybridized carbons (Fsp3) is 0.591. The second-order valence-corrected chi connectivity index (χ2v) is 7.76. The Morgan fingerprint density at radius 1 is 1.16 bits per heavy atom. The number of amides is 2. The van der Waals surface area contributed by atoms with Crippen molar-refractivity contribution in [1.82, 2.24) is 10.4 Å². The normalized spacial score (nSPS) is 14.6. The van der Waals surface area contributed by atoms with Crippen LogP contribution in [0, 0.1) is 5.92 Å². The Morgan fingerprint density at radius 3 is 2.45 bits per heavy atom. The first kappa shape index (κ1) is 24.5. The van der Waals surface area contributed by atoms with E-state index in [1.54, 1.807) is 31.2 Å². The molecular formula is C22H33N3O6. The number of ether oxygens (including phenoxy) is 1. The molecule has 0 spiro atoms. The van der Waals surface area contributed by atoms with Crippen LogP contribution in [0.15, 0.2) is 24.3 Å². The van der Waals surface area contributed by atoms with E-state index < -0.39 is 18.0 Å². The minimum atomic E-state index is -1.09. The van der Waals surface area contributed by atoms with Crippen LogP contribution in [0.5, 0.6) is 5.75 Å². The molecule has 1 atom stereocenters. The van der Waals surface area contributed by atoms with Crippen LogP contribution in [-0.2, 0) is 14.4 Å². The van der Waals surface area contributed by atoms with Crippen molar-refractivity contribution < 1.29 is 29.4 Å². The van der Waals surface area contributed by atoms with E-state index in [-0.39, 0.29) is 25.5 Å². The highest BCUT2D eigenvalue weighted by Crippen LogP contribution is 2.28. The number of hydrogen-bond donors (Lipinski definition) is 4. The smallest absolute Gasteiger partial charge is 0.303 e. The number of hydrogen-bond acceptors (Lipinski definition) is 6. The van der Waals surface area contributed by atoms with E-state index in [2.05, 4.69) is 10.6 Å². The molecule has 1 unspecified atom stereocenters. The molecule has 0 radical (unpaired) electrons. The summed E-state index contributed by atoms with van der Waals surface area (Å²) in [6.45, 7) is 2.01. The first-order chi connectivity index (χ1) is 14.9. The topological polar surface area (TPSA) is 128 Å². The lowest BCUT2D eigenvalue weighted by Gasteiger charge is -2.24. The number of nitrogens with zero attached hydrogens (tertiary/aromatic N) is 1. The number of nitrogens with one attached hydrogen (secondary N) is 2. The van der Waals surface area contributed by atoms with Gasteiger partial charge in [-0.25, -0.2) is 5.06 Å². The number of carbonyl (C=O) groups is 3. The lowest BCUT2D eigenvalue weighted by atomic mass is 10.0. The largest absolute Gasteiger partial charge is 0.494 e. The number of carbonyl (C=O) groups excluding carboxylic acids is 2. The van der Waals surface area contributed by atoms with Gasteiger partial charge >= 0.3 is 5.97 Å². The molecule has 0 heterocycles. The zero-order valence-electron chi connectivity index (χ0n) is 18.0. The molecule has 9 heteroatoms. The average Bonchev–Trinajstić information content (AvgIpc) is 3.28. The van der Waals surface area contributed by atoms with Crippen LogP contribution < -0.4 is 15.4 Å². The van der Waals surface area contributed by atoms with Gasteiger partial charge in [0.2, 0.25) is 5.91 Å². The number of likely N-dealkylation sites (N-methyl/N-ethyl adjacent to an activating group) is 1. The molecule has 1 aliphatic carbocycles. The summed E-state index contributed by atoms with van der Waals surface area (Å²) in [5.41, 5.74) is 0.567. The van der Waals surface area contributed by atoms with E-state index in [0.29, 0.717) is 35.3 Å². The number of benzene rings is 1. The molecule has 2 rings (SSSR count). The Labute approximate surface area is 182 Å². The summed E-state index contributed by atoms with van der Waals surface area (Å²) in [7, 11) is 0. The molecule has 4 N–H and O–H groups in total. The maximum Gasteiger partial charge on any atom is 0.303 e. The highest BCUT2D eigenvalue weighted by molar-refractivity contribution is 5.88. The van der Waals surface area contributed by atoms with E-state index in [9.17, 15) is 19.6 Å². The third kappa shape index (κ3) is 8.84. The number of aliphatic carboxylic acids is 1. The van der Waals surface area contributed by atoms with Crippen LogP contribution in [0.3, 0.4) is 0 Å². The molecule has 0 aromatic heterocycles. The fourth-order valence-corrected chi connectivity index (χ4v) is 3.56. The second-order valence-electron chi connectivity index (χ2n) is 7.76. The van der Waals surface area contributed by atoms with E-state index in [1.165, 1.54) is 12.8 Å². The van der Waals surface area contributed by atoms with Crippen LogP contribution in [0.2, 0.25) is 0 Å². The molecule has 31 heavy (non-hydrogen) atoms. The van der Waals surface area contributed by atoms with Gasteiger partial charge in [0, 0.05) is 25.1 Å². The van der Waals surface area contributed by atoms with Crippen LogP contribution in [0.1, 0.15) is 58.3 Å². The molecule has 2 amide bonds. The monoisotopic (exact) mass is 435 g/mol. The van der Waals surface area contributed by atoms with E-state index in [4.69, 9.17) is 9.84 Å². The van der Waals surface area contributed by atoms with Crippen molar-refractivity contribution in [2.24, 2.45) is 5.92 Å². The third-order valence-corrected chi connectivity index (χ3v) is 5.33. The summed E-state index contributed by atoms with van der Waals surface area (Å²) in [5, 5.41) is 24.7.